The fraction of sp³-hybridized carbons (Fsp3) is 0. The second-order valence-corrected chi connectivity index (χ2v) is 0. The zero-order valence-electron chi connectivity index (χ0n) is 2.15. The van der Waals surface area contributed by atoms with E-state index in [9.17, 15) is 0 Å². The van der Waals surface area contributed by atoms with Crippen LogP contribution < -0.4 is 0 Å². The van der Waals surface area contributed by atoms with E-state index in [4.69, 9.17) is 0 Å². The van der Waals surface area contributed by atoms with Gasteiger partial charge in [0.25, 0.3) is 0 Å². The van der Waals surface area contributed by atoms with E-state index in [1.807, 2.05) is 0 Å². The van der Waals surface area contributed by atoms with Crippen LogP contribution >= 0.6 is 0 Å². The Labute approximate surface area is 154 Å². The van der Waals surface area contributed by atoms with Crippen molar-refractivity contribution in [2.45, 2.75) is 0 Å². The molecule has 0 saturated heterocycles. The molecule has 0 aliphatic carbocycles. The maximum absolute atomic E-state index is 0. The van der Waals surface area contributed by atoms with Crippen molar-refractivity contribution in [3.8, 4) is 0 Å². The van der Waals surface area contributed by atoms with Crippen molar-refractivity contribution in [3.05, 3.63) is 0 Å². The molecule has 0 unspecified atom stereocenters. The van der Waals surface area contributed by atoms with Gasteiger partial charge in [0.2, 0.25) is 0 Å². The molecular weight excluding hydrogens is 564 g/mol. The largest absolute Gasteiger partial charge is 0 e. The average Bonchev–Trinajstić information content (AvgIpc) is 0. The maximum Gasteiger partial charge on any atom is 0 e. The number of rotatable bonds is 0. The first-order chi connectivity index (χ1) is 0. The quantitative estimate of drug-likeness (QED) is 0.389. The first-order valence-corrected chi connectivity index (χ1v) is 0. The van der Waals surface area contributed by atoms with Gasteiger partial charge in [-0.1, -0.05) is 0 Å². The second-order valence-electron chi connectivity index (χ2n) is 0. The van der Waals surface area contributed by atoms with E-state index >= 15 is 0 Å². The third-order valence-electron chi connectivity index (χ3n) is 0. The zero-order chi connectivity index (χ0) is 0. The van der Waals surface area contributed by atoms with Gasteiger partial charge >= 0.3 is 0 Å². The summed E-state index contributed by atoms with van der Waals surface area (Å²) in [6.07, 6.45) is 0. The molecule has 0 N–H and O–H groups in total. The van der Waals surface area contributed by atoms with Crippen LogP contribution in [0.25, 0.3) is 0 Å². The van der Waals surface area contributed by atoms with Gasteiger partial charge in [-0.2, -0.15) is 0 Å². The molecular formula is CeLaNdPr. The SMILES string of the molecule is [Ce].[La].[Nd].[Pr]. The molecule has 0 aromatic rings. The van der Waals surface area contributed by atoms with Crippen LogP contribution in [-0.4, -0.2) is 0 Å². The topological polar surface area (TPSA) is 0 Å². The molecule has 0 aromatic heterocycles. The Balaban J connectivity index is 0. The first kappa shape index (κ1) is 22.8. The Kier molecular flexibility index (Phi) is 89.8. The molecule has 0 fully saturated rings. The fourth-order valence-corrected chi connectivity index (χ4v) is 0. The summed E-state index contributed by atoms with van der Waals surface area (Å²) in [5.41, 5.74) is 0. The van der Waals surface area contributed by atoms with E-state index in [-0.39, 0.29) is 159 Å². The second kappa shape index (κ2) is 15.7. The van der Waals surface area contributed by atoms with Crippen molar-refractivity contribution in [1.82, 2.24) is 0 Å². The molecule has 2 radical (unpaired) electrons. The van der Waals surface area contributed by atoms with Crippen LogP contribution in [0, 0.1) is 159 Å². The minimum atomic E-state index is 0. The van der Waals surface area contributed by atoms with Gasteiger partial charge in [-0.15, -0.1) is 0 Å². The fourth-order valence-electron chi connectivity index (χ4n) is 0. The first-order valence-electron chi connectivity index (χ1n) is 0. The molecule has 0 amide bonds. The molecule has 0 aliphatic heterocycles. The molecule has 0 spiro atoms. The minimum Gasteiger partial charge on any atom is 0 e. The van der Waals surface area contributed by atoms with Gasteiger partial charge in [0.15, 0.2) is 0 Å². The monoisotopic (exact) mass is 562 g/mol. The van der Waals surface area contributed by atoms with Crippen LogP contribution in [0.2, 0.25) is 0 Å². The van der Waals surface area contributed by atoms with Gasteiger partial charge < -0.3 is 0 Å². The summed E-state index contributed by atoms with van der Waals surface area (Å²) >= 11 is 0. The maximum atomic E-state index is 0. The van der Waals surface area contributed by atoms with Gasteiger partial charge in [-0.05, 0) is 0 Å². The van der Waals surface area contributed by atoms with Gasteiger partial charge in [0.05, 0.1) is 0 Å². The molecule has 0 nitrogen and oxygen atoms in total. The predicted octanol–water partition coefficient (Wildman–Crippen LogP) is 0. The van der Waals surface area contributed by atoms with Crippen molar-refractivity contribution >= 4 is 0 Å². The van der Waals surface area contributed by atoms with Crippen LogP contribution in [-0.2, 0) is 0 Å². The van der Waals surface area contributed by atoms with Crippen LogP contribution in [0.5, 0.6) is 0 Å². The van der Waals surface area contributed by atoms with Crippen LogP contribution in [0.3, 0.4) is 0 Å². The number of hydrogen-bond donors (Lipinski definition) is 0. The third kappa shape index (κ3) is 10.3. The Bertz CT molecular complexity index is 8.00. The van der Waals surface area contributed by atoms with Crippen LogP contribution in [0.1, 0.15) is 0 Å². The molecule has 14 valence electrons. The van der Waals surface area contributed by atoms with E-state index in [0.29, 0.717) is 0 Å². The summed E-state index contributed by atoms with van der Waals surface area (Å²) in [6, 6.07) is 0. The van der Waals surface area contributed by atoms with Gasteiger partial charge in [-0.3, -0.25) is 0 Å². The van der Waals surface area contributed by atoms with Gasteiger partial charge in [-0.25, -0.2) is 0 Å². The Morgan fingerprint density at radius 2 is 1.00 bits per heavy atom. The molecule has 0 aliphatic rings. The van der Waals surface area contributed by atoms with Crippen molar-refractivity contribution in [1.29, 1.82) is 0 Å². The normalized spacial score (nSPS) is 0. The smallest absolute Gasteiger partial charge is 0 e. The van der Waals surface area contributed by atoms with Crippen molar-refractivity contribution < 1.29 is 159 Å². The predicted molar refractivity (Wildman–Crippen MR) is 0 cm³/mol. The Hall–Kier alpha value is 5.29. The van der Waals surface area contributed by atoms with E-state index in [1.165, 1.54) is 0 Å². The van der Waals surface area contributed by atoms with Gasteiger partial charge in [0.1, 0.15) is 0 Å². The molecule has 0 heterocycles. The van der Waals surface area contributed by atoms with Crippen LogP contribution in [0.4, 0.5) is 0 Å². The van der Waals surface area contributed by atoms with Crippen LogP contribution in [0.15, 0.2) is 0 Å². The molecule has 0 saturated carbocycles. The van der Waals surface area contributed by atoms with Crippen molar-refractivity contribution in [3.63, 3.8) is 0 Å². The summed E-state index contributed by atoms with van der Waals surface area (Å²) < 4.78 is 0. The molecule has 4 heavy (non-hydrogen) atoms. The van der Waals surface area contributed by atoms with Crippen molar-refractivity contribution in [2.75, 3.05) is 0 Å². The van der Waals surface area contributed by atoms with E-state index in [2.05, 4.69) is 0 Å². The summed E-state index contributed by atoms with van der Waals surface area (Å²) in [4.78, 5) is 0. The average molecular weight is 564 g/mol. The molecule has 4 heteroatoms. The van der Waals surface area contributed by atoms with Gasteiger partial charge in [0, 0.05) is 159 Å². The van der Waals surface area contributed by atoms with E-state index in [0.717, 1.165) is 0 Å². The summed E-state index contributed by atoms with van der Waals surface area (Å²) in [7, 11) is 0. The molecule has 0 rings (SSSR count). The number of hydrogen-bond acceptors (Lipinski definition) is 0. The Morgan fingerprint density at radius 1 is 1.00 bits per heavy atom. The summed E-state index contributed by atoms with van der Waals surface area (Å²) in [5.74, 6) is 0. The van der Waals surface area contributed by atoms with E-state index < -0.39 is 0 Å². The molecule has 0 atom stereocenters. The standard InChI is InChI=1S/Ce.La.Nd.Pr. The third-order valence-corrected chi connectivity index (χ3v) is 0. The Morgan fingerprint density at radius 3 is 1.00 bits per heavy atom. The minimum absolute atomic E-state index is 0. The summed E-state index contributed by atoms with van der Waals surface area (Å²) in [5, 5.41) is 0. The van der Waals surface area contributed by atoms with Crippen molar-refractivity contribution in [2.24, 2.45) is 0 Å². The van der Waals surface area contributed by atoms with E-state index in [1.54, 1.807) is 0 Å². The summed E-state index contributed by atoms with van der Waals surface area (Å²) in [6.45, 7) is 0. The molecule has 0 aromatic carbocycles. The zero-order valence-corrected chi connectivity index (χ0v) is 15.8. The molecule has 0 bridgehead atoms.